The van der Waals surface area contributed by atoms with E-state index in [1.165, 1.54) is 32.1 Å². The predicted molar refractivity (Wildman–Crippen MR) is 104 cm³/mol. The van der Waals surface area contributed by atoms with Crippen LogP contribution in [0.1, 0.15) is 65.7 Å². The number of likely N-dealkylation sites (tertiary alicyclic amines) is 1. The monoisotopic (exact) mass is 376 g/mol. The van der Waals surface area contributed by atoms with E-state index in [9.17, 15) is 9.59 Å². The fraction of sp³-hybridized carbons (Fsp3) is 0.909. The fourth-order valence-corrected chi connectivity index (χ4v) is 6.44. The maximum atomic E-state index is 13.3. The van der Waals surface area contributed by atoms with Crippen LogP contribution in [0.3, 0.4) is 0 Å². The largest absolute Gasteiger partial charge is 0.444 e. The molecule has 4 saturated carbocycles. The molecule has 0 unspecified atom stereocenters. The lowest BCUT2D eigenvalue weighted by Gasteiger charge is -2.54. The Hall–Kier alpha value is -1.26. The van der Waals surface area contributed by atoms with Crippen LogP contribution in [-0.2, 0) is 9.53 Å². The Bertz CT molecular complexity index is 547. The van der Waals surface area contributed by atoms with E-state index in [-0.39, 0.29) is 6.09 Å². The highest BCUT2D eigenvalue weighted by Gasteiger charge is 2.51. The predicted octanol–water partition coefficient (Wildman–Crippen LogP) is 3.82. The first-order valence-corrected chi connectivity index (χ1v) is 11.0. The van der Waals surface area contributed by atoms with Gasteiger partial charge in [0, 0.05) is 25.6 Å². The molecule has 1 aliphatic heterocycles. The molecule has 1 N–H and O–H groups in total. The summed E-state index contributed by atoms with van der Waals surface area (Å²) in [6.45, 7) is 7.97. The van der Waals surface area contributed by atoms with Crippen LogP contribution < -0.4 is 5.32 Å². The van der Waals surface area contributed by atoms with Gasteiger partial charge in [-0.1, -0.05) is 0 Å². The second-order valence-corrected chi connectivity index (χ2v) is 10.6. The minimum absolute atomic E-state index is 0.314. The SMILES string of the molecule is CC(C)(C)OC(=O)NCC1CCN(C(=O)C2C3CC4CC(C3)CC2C4)CC1. The number of carbonyl (C=O) groups is 2. The summed E-state index contributed by atoms with van der Waals surface area (Å²) in [4.78, 5) is 27.2. The first-order chi connectivity index (χ1) is 12.8. The number of ether oxygens (including phenoxy) is 1. The highest BCUT2D eigenvalue weighted by molar-refractivity contribution is 5.80. The van der Waals surface area contributed by atoms with Crippen molar-refractivity contribution >= 4 is 12.0 Å². The van der Waals surface area contributed by atoms with Crippen LogP contribution in [0.25, 0.3) is 0 Å². The Morgan fingerprint density at radius 1 is 0.963 bits per heavy atom. The van der Waals surface area contributed by atoms with Crippen molar-refractivity contribution in [1.82, 2.24) is 10.2 Å². The third kappa shape index (κ3) is 4.27. The highest BCUT2D eigenvalue weighted by atomic mass is 16.6. The molecular formula is C22H36N2O3. The number of nitrogens with zero attached hydrogens (tertiary/aromatic N) is 1. The highest BCUT2D eigenvalue weighted by Crippen LogP contribution is 2.56. The molecule has 5 fully saturated rings. The Kier molecular flexibility index (Phi) is 5.15. The molecule has 4 bridgehead atoms. The van der Waals surface area contributed by atoms with Gasteiger partial charge in [0.2, 0.25) is 5.91 Å². The first-order valence-electron chi connectivity index (χ1n) is 11.0. The van der Waals surface area contributed by atoms with Crippen LogP contribution in [0, 0.1) is 35.5 Å². The number of hydrogen-bond donors (Lipinski definition) is 1. The first kappa shape index (κ1) is 19.1. The van der Waals surface area contributed by atoms with Crippen molar-refractivity contribution in [3.8, 4) is 0 Å². The van der Waals surface area contributed by atoms with E-state index in [0.717, 1.165) is 37.8 Å². The van der Waals surface area contributed by atoms with Crippen molar-refractivity contribution < 1.29 is 14.3 Å². The van der Waals surface area contributed by atoms with Gasteiger partial charge in [0.05, 0.1) is 0 Å². The molecule has 2 amide bonds. The molecule has 5 heteroatoms. The smallest absolute Gasteiger partial charge is 0.407 e. The molecule has 0 aromatic heterocycles. The van der Waals surface area contributed by atoms with E-state index in [2.05, 4.69) is 10.2 Å². The van der Waals surface area contributed by atoms with Crippen LogP contribution in [-0.4, -0.2) is 42.1 Å². The molecule has 0 aromatic rings. The van der Waals surface area contributed by atoms with Crippen LogP contribution in [0.5, 0.6) is 0 Å². The van der Waals surface area contributed by atoms with Crippen molar-refractivity contribution in [3.63, 3.8) is 0 Å². The summed E-state index contributed by atoms with van der Waals surface area (Å²) in [5, 5.41) is 2.89. The molecule has 5 nitrogen and oxygen atoms in total. The van der Waals surface area contributed by atoms with Gasteiger partial charge < -0.3 is 15.0 Å². The molecule has 0 aromatic carbocycles. The second-order valence-electron chi connectivity index (χ2n) is 10.6. The summed E-state index contributed by atoms with van der Waals surface area (Å²) in [5.41, 5.74) is -0.460. The Morgan fingerprint density at radius 2 is 1.52 bits per heavy atom. The number of alkyl carbamates (subject to hydrolysis) is 1. The summed E-state index contributed by atoms with van der Waals surface area (Å²) < 4.78 is 5.31. The molecule has 27 heavy (non-hydrogen) atoms. The van der Waals surface area contributed by atoms with Crippen molar-refractivity contribution in [2.45, 2.75) is 71.3 Å². The summed E-state index contributed by atoms with van der Waals surface area (Å²) in [7, 11) is 0. The molecule has 5 aliphatic rings. The Morgan fingerprint density at radius 3 is 2.04 bits per heavy atom. The van der Waals surface area contributed by atoms with Crippen LogP contribution >= 0.6 is 0 Å². The van der Waals surface area contributed by atoms with Crippen molar-refractivity contribution in [2.24, 2.45) is 35.5 Å². The van der Waals surface area contributed by atoms with Gasteiger partial charge in [0.15, 0.2) is 0 Å². The molecule has 0 atom stereocenters. The number of hydrogen-bond acceptors (Lipinski definition) is 3. The minimum atomic E-state index is -0.460. The quantitative estimate of drug-likeness (QED) is 0.814. The summed E-state index contributed by atoms with van der Waals surface area (Å²) in [6, 6.07) is 0. The van der Waals surface area contributed by atoms with E-state index in [0.29, 0.717) is 36.1 Å². The topological polar surface area (TPSA) is 58.6 Å². The van der Waals surface area contributed by atoms with Gasteiger partial charge in [-0.25, -0.2) is 4.79 Å². The summed E-state index contributed by atoms with van der Waals surface area (Å²) in [6.07, 6.45) is 8.28. The molecular weight excluding hydrogens is 340 g/mol. The average Bonchev–Trinajstić information content (AvgIpc) is 2.58. The second kappa shape index (κ2) is 7.29. The van der Waals surface area contributed by atoms with Gasteiger partial charge in [-0.05, 0) is 95.3 Å². The fourth-order valence-electron chi connectivity index (χ4n) is 6.44. The molecule has 0 spiro atoms. The molecule has 152 valence electrons. The van der Waals surface area contributed by atoms with Crippen molar-refractivity contribution in [3.05, 3.63) is 0 Å². The maximum Gasteiger partial charge on any atom is 0.407 e. The Balaban J connectivity index is 1.24. The van der Waals surface area contributed by atoms with Crippen molar-refractivity contribution in [2.75, 3.05) is 19.6 Å². The molecule has 5 rings (SSSR count). The number of rotatable bonds is 3. The zero-order valence-corrected chi connectivity index (χ0v) is 17.2. The minimum Gasteiger partial charge on any atom is -0.444 e. The van der Waals surface area contributed by atoms with Gasteiger partial charge in [-0.15, -0.1) is 0 Å². The number of amides is 2. The van der Waals surface area contributed by atoms with Crippen molar-refractivity contribution in [1.29, 1.82) is 0 Å². The third-order valence-electron chi connectivity index (χ3n) is 7.37. The average molecular weight is 377 g/mol. The third-order valence-corrected chi connectivity index (χ3v) is 7.37. The zero-order valence-electron chi connectivity index (χ0n) is 17.2. The molecule has 1 heterocycles. The number of nitrogens with one attached hydrogen (secondary N) is 1. The van der Waals surface area contributed by atoms with Gasteiger partial charge in [-0.3, -0.25) is 4.79 Å². The molecule has 4 aliphatic carbocycles. The standard InChI is InChI=1S/C22H36N2O3/c1-22(2,3)27-21(26)23-13-14-4-6-24(7-5-14)20(25)19-17-9-15-8-16(11-17)12-18(19)10-15/h14-19H,4-13H2,1-3H3,(H,23,26). The number of piperidine rings is 1. The molecule has 1 saturated heterocycles. The van der Waals surface area contributed by atoms with E-state index >= 15 is 0 Å². The summed E-state index contributed by atoms with van der Waals surface area (Å²) in [5.74, 6) is 4.37. The van der Waals surface area contributed by atoms with Gasteiger partial charge >= 0.3 is 6.09 Å². The summed E-state index contributed by atoms with van der Waals surface area (Å²) >= 11 is 0. The van der Waals surface area contributed by atoms with Crippen LogP contribution in [0.4, 0.5) is 4.79 Å². The van der Waals surface area contributed by atoms with Gasteiger partial charge in [0.1, 0.15) is 5.60 Å². The lowest BCUT2D eigenvalue weighted by atomic mass is 9.51. The van der Waals surface area contributed by atoms with E-state index < -0.39 is 5.60 Å². The van der Waals surface area contributed by atoms with E-state index in [1.54, 1.807) is 0 Å². The zero-order chi connectivity index (χ0) is 19.2. The van der Waals surface area contributed by atoms with Crippen LogP contribution in [0.15, 0.2) is 0 Å². The van der Waals surface area contributed by atoms with E-state index in [4.69, 9.17) is 4.74 Å². The van der Waals surface area contributed by atoms with Gasteiger partial charge in [-0.2, -0.15) is 0 Å². The number of carbonyl (C=O) groups excluding carboxylic acids is 2. The maximum absolute atomic E-state index is 13.3. The normalized spacial score (nSPS) is 36.0. The van der Waals surface area contributed by atoms with E-state index in [1.807, 2.05) is 20.8 Å². The van der Waals surface area contributed by atoms with Crippen LogP contribution in [0.2, 0.25) is 0 Å². The molecule has 0 radical (unpaired) electrons. The lowest BCUT2D eigenvalue weighted by molar-refractivity contribution is -0.150. The van der Waals surface area contributed by atoms with Gasteiger partial charge in [0.25, 0.3) is 0 Å². The Labute approximate surface area is 163 Å². The lowest BCUT2D eigenvalue weighted by Crippen LogP contribution is -2.53.